The van der Waals surface area contributed by atoms with Crippen molar-refractivity contribution in [2.45, 2.75) is 26.8 Å². The first kappa shape index (κ1) is 13.6. The molecule has 0 saturated carbocycles. The summed E-state index contributed by atoms with van der Waals surface area (Å²) in [6, 6.07) is 5.91. The van der Waals surface area contributed by atoms with Gasteiger partial charge in [-0.05, 0) is 32.9 Å². The lowest BCUT2D eigenvalue weighted by Crippen LogP contribution is -2.38. The summed E-state index contributed by atoms with van der Waals surface area (Å²) in [5, 5.41) is 3.29. The molecule has 1 N–H and O–H groups in total. The smallest absolute Gasteiger partial charge is 0.312 e. The van der Waals surface area contributed by atoms with Gasteiger partial charge in [-0.3, -0.25) is 9.78 Å². The van der Waals surface area contributed by atoms with Crippen LogP contribution in [-0.2, 0) is 9.53 Å². The number of pyridine rings is 1. The van der Waals surface area contributed by atoms with Gasteiger partial charge in [0.05, 0.1) is 18.2 Å². The second-order valence-electron chi connectivity index (χ2n) is 4.73. The van der Waals surface area contributed by atoms with Gasteiger partial charge in [-0.25, -0.2) is 0 Å². The average Bonchev–Trinajstić information content (AvgIpc) is 2.36. The Morgan fingerprint density at radius 2 is 2.24 bits per heavy atom. The van der Waals surface area contributed by atoms with Crippen molar-refractivity contribution in [2.75, 3.05) is 13.7 Å². The maximum Gasteiger partial charge on any atom is 0.312 e. The molecule has 4 nitrogen and oxygen atoms in total. The summed E-state index contributed by atoms with van der Waals surface area (Å²) in [6.07, 6.45) is 1.76. The fraction of sp³-hybridized carbons (Fsp3) is 0.538. The van der Waals surface area contributed by atoms with Gasteiger partial charge in [-0.15, -0.1) is 0 Å². The number of nitrogens with zero attached hydrogens (tertiary/aromatic N) is 1. The van der Waals surface area contributed by atoms with Gasteiger partial charge in [0.1, 0.15) is 0 Å². The molecule has 0 aliphatic rings. The average molecular weight is 236 g/mol. The number of methoxy groups -OCH3 is 1. The van der Waals surface area contributed by atoms with Crippen molar-refractivity contribution in [1.29, 1.82) is 0 Å². The minimum Gasteiger partial charge on any atom is -0.469 e. The fourth-order valence-electron chi connectivity index (χ4n) is 1.49. The Morgan fingerprint density at radius 3 is 2.76 bits per heavy atom. The summed E-state index contributed by atoms with van der Waals surface area (Å²) >= 11 is 0. The van der Waals surface area contributed by atoms with Crippen LogP contribution >= 0.6 is 0 Å². The first-order valence-electron chi connectivity index (χ1n) is 5.70. The molecule has 1 rings (SSSR count). The van der Waals surface area contributed by atoms with Crippen LogP contribution in [-0.4, -0.2) is 24.6 Å². The standard InChI is InChI=1S/C13H20N2O2/c1-10(11-7-5-6-8-14-11)15-9-13(2,3)12(16)17-4/h5-8,10,15H,9H2,1-4H3/t10-/m1/s1. The number of hydrogen-bond donors (Lipinski definition) is 1. The maximum atomic E-state index is 11.5. The molecule has 0 bridgehead atoms. The Morgan fingerprint density at radius 1 is 1.53 bits per heavy atom. The van der Waals surface area contributed by atoms with E-state index in [1.807, 2.05) is 39.0 Å². The van der Waals surface area contributed by atoms with E-state index in [2.05, 4.69) is 10.3 Å². The lowest BCUT2D eigenvalue weighted by molar-refractivity contribution is -0.150. The van der Waals surface area contributed by atoms with Gasteiger partial charge >= 0.3 is 5.97 Å². The molecular formula is C13H20N2O2. The largest absolute Gasteiger partial charge is 0.469 e. The zero-order valence-corrected chi connectivity index (χ0v) is 10.9. The summed E-state index contributed by atoms with van der Waals surface area (Å²) < 4.78 is 4.76. The summed E-state index contributed by atoms with van der Waals surface area (Å²) in [4.78, 5) is 15.8. The molecule has 0 saturated heterocycles. The molecule has 0 amide bonds. The molecule has 1 aromatic heterocycles. The molecule has 0 radical (unpaired) electrons. The van der Waals surface area contributed by atoms with Crippen LogP contribution in [0.25, 0.3) is 0 Å². The molecule has 4 heteroatoms. The highest BCUT2D eigenvalue weighted by Gasteiger charge is 2.28. The first-order chi connectivity index (χ1) is 7.97. The molecule has 0 spiro atoms. The van der Waals surface area contributed by atoms with E-state index in [0.717, 1.165) is 5.69 Å². The van der Waals surface area contributed by atoms with Crippen LogP contribution in [0.3, 0.4) is 0 Å². The summed E-state index contributed by atoms with van der Waals surface area (Å²) in [5.41, 5.74) is 0.436. The minimum absolute atomic E-state index is 0.111. The number of aromatic nitrogens is 1. The Hall–Kier alpha value is -1.42. The molecule has 1 aromatic rings. The predicted molar refractivity (Wildman–Crippen MR) is 66.5 cm³/mol. The van der Waals surface area contributed by atoms with E-state index in [4.69, 9.17) is 4.74 Å². The van der Waals surface area contributed by atoms with E-state index in [-0.39, 0.29) is 12.0 Å². The molecule has 94 valence electrons. The lowest BCUT2D eigenvalue weighted by Gasteiger charge is -2.24. The normalized spacial score (nSPS) is 13.2. The number of nitrogens with one attached hydrogen (secondary N) is 1. The van der Waals surface area contributed by atoms with Crippen LogP contribution in [0.5, 0.6) is 0 Å². The highest BCUT2D eigenvalue weighted by atomic mass is 16.5. The minimum atomic E-state index is -0.530. The van der Waals surface area contributed by atoms with Crippen molar-refractivity contribution in [2.24, 2.45) is 5.41 Å². The van der Waals surface area contributed by atoms with Gasteiger partial charge in [0, 0.05) is 18.8 Å². The third-order valence-corrected chi connectivity index (χ3v) is 2.72. The highest BCUT2D eigenvalue weighted by molar-refractivity contribution is 5.76. The van der Waals surface area contributed by atoms with Crippen LogP contribution in [0.1, 0.15) is 32.5 Å². The number of ether oxygens (including phenoxy) is 1. The van der Waals surface area contributed by atoms with E-state index in [9.17, 15) is 4.79 Å². The van der Waals surface area contributed by atoms with Gasteiger partial charge in [0.15, 0.2) is 0 Å². The molecule has 17 heavy (non-hydrogen) atoms. The second-order valence-corrected chi connectivity index (χ2v) is 4.73. The Kier molecular flexibility index (Phi) is 4.63. The second kappa shape index (κ2) is 5.77. The van der Waals surface area contributed by atoms with Crippen molar-refractivity contribution < 1.29 is 9.53 Å². The number of carbonyl (C=O) groups is 1. The van der Waals surface area contributed by atoms with Crippen LogP contribution < -0.4 is 5.32 Å². The predicted octanol–water partition coefficient (Wildman–Crippen LogP) is 1.93. The summed E-state index contributed by atoms with van der Waals surface area (Å²) in [6.45, 7) is 6.29. The van der Waals surface area contributed by atoms with E-state index < -0.39 is 5.41 Å². The van der Waals surface area contributed by atoms with E-state index in [0.29, 0.717) is 6.54 Å². The number of carbonyl (C=O) groups excluding carboxylic acids is 1. The van der Waals surface area contributed by atoms with Crippen molar-refractivity contribution in [3.8, 4) is 0 Å². The Balaban J connectivity index is 2.54. The van der Waals surface area contributed by atoms with E-state index in [1.54, 1.807) is 6.20 Å². The number of rotatable bonds is 5. The zero-order chi connectivity index (χ0) is 12.9. The van der Waals surface area contributed by atoms with Crippen molar-refractivity contribution >= 4 is 5.97 Å². The number of hydrogen-bond acceptors (Lipinski definition) is 4. The first-order valence-corrected chi connectivity index (χ1v) is 5.70. The molecule has 0 fully saturated rings. The Bertz CT molecular complexity index is 363. The topological polar surface area (TPSA) is 51.2 Å². The van der Waals surface area contributed by atoms with Gasteiger partial charge in [-0.2, -0.15) is 0 Å². The Labute approximate surface area is 102 Å². The molecule has 1 heterocycles. The van der Waals surface area contributed by atoms with E-state index >= 15 is 0 Å². The summed E-state index contributed by atoms with van der Waals surface area (Å²) in [7, 11) is 1.41. The monoisotopic (exact) mass is 236 g/mol. The van der Waals surface area contributed by atoms with Crippen LogP contribution in [0, 0.1) is 5.41 Å². The molecule has 1 atom stereocenters. The number of esters is 1. The van der Waals surface area contributed by atoms with Crippen LogP contribution in [0.15, 0.2) is 24.4 Å². The van der Waals surface area contributed by atoms with Gasteiger partial charge in [-0.1, -0.05) is 6.07 Å². The zero-order valence-electron chi connectivity index (χ0n) is 10.9. The van der Waals surface area contributed by atoms with Gasteiger partial charge in [0.25, 0.3) is 0 Å². The van der Waals surface area contributed by atoms with Gasteiger partial charge < -0.3 is 10.1 Å². The highest BCUT2D eigenvalue weighted by Crippen LogP contribution is 2.17. The fourth-order valence-corrected chi connectivity index (χ4v) is 1.49. The SMILES string of the molecule is COC(=O)C(C)(C)CN[C@H](C)c1ccccn1. The molecular weight excluding hydrogens is 216 g/mol. The van der Waals surface area contributed by atoms with Crippen molar-refractivity contribution in [3.05, 3.63) is 30.1 Å². The molecule has 0 aliphatic carbocycles. The third-order valence-electron chi connectivity index (χ3n) is 2.72. The molecule has 0 unspecified atom stereocenters. The maximum absolute atomic E-state index is 11.5. The van der Waals surface area contributed by atoms with Crippen molar-refractivity contribution in [3.63, 3.8) is 0 Å². The quantitative estimate of drug-likeness (QED) is 0.794. The van der Waals surface area contributed by atoms with Gasteiger partial charge in [0.2, 0.25) is 0 Å². The molecule has 0 aromatic carbocycles. The van der Waals surface area contributed by atoms with Crippen molar-refractivity contribution in [1.82, 2.24) is 10.3 Å². The summed E-state index contributed by atoms with van der Waals surface area (Å²) in [5.74, 6) is -0.210. The van der Waals surface area contributed by atoms with E-state index in [1.165, 1.54) is 7.11 Å². The van der Waals surface area contributed by atoms with Crippen LogP contribution in [0.4, 0.5) is 0 Å². The third kappa shape index (κ3) is 3.82. The molecule has 0 aliphatic heterocycles. The van der Waals surface area contributed by atoms with Crippen LogP contribution in [0.2, 0.25) is 0 Å². The lowest BCUT2D eigenvalue weighted by atomic mass is 9.93.